The third-order valence-corrected chi connectivity index (χ3v) is 6.34. The first-order valence-corrected chi connectivity index (χ1v) is 12.4. The first kappa shape index (κ1) is 23.6. The normalized spacial score (nSPS) is 10.8. The van der Waals surface area contributed by atoms with Crippen molar-refractivity contribution in [2.24, 2.45) is 0 Å². The van der Waals surface area contributed by atoms with Crippen LogP contribution >= 0.6 is 11.6 Å². The molecule has 1 amide bonds. The molecule has 0 saturated heterocycles. The van der Waals surface area contributed by atoms with Crippen LogP contribution in [0, 0.1) is 0 Å². The summed E-state index contributed by atoms with van der Waals surface area (Å²) in [5.74, 6) is -0.140. The van der Waals surface area contributed by atoms with Crippen LogP contribution in [0.3, 0.4) is 0 Å². The molecule has 5 aromatic rings. The molecule has 1 heterocycles. The summed E-state index contributed by atoms with van der Waals surface area (Å²) in [6, 6.07) is 36.2. The second kappa shape index (κ2) is 11.1. The lowest BCUT2D eigenvalue weighted by atomic mass is 10.0. The summed E-state index contributed by atoms with van der Waals surface area (Å²) in [4.78, 5) is 13.3. The van der Waals surface area contributed by atoms with Crippen LogP contribution in [0.2, 0.25) is 5.02 Å². The summed E-state index contributed by atoms with van der Waals surface area (Å²) in [6.07, 6.45) is 3.41. The van der Waals surface area contributed by atoms with Crippen LogP contribution < -0.4 is 5.32 Å². The summed E-state index contributed by atoms with van der Waals surface area (Å²) in [7, 11) is 0. The van der Waals surface area contributed by atoms with E-state index in [9.17, 15) is 4.79 Å². The molecule has 0 spiro atoms. The van der Waals surface area contributed by atoms with Crippen LogP contribution in [-0.2, 0) is 6.42 Å². The van der Waals surface area contributed by atoms with Crippen molar-refractivity contribution in [3.8, 4) is 28.1 Å². The summed E-state index contributed by atoms with van der Waals surface area (Å²) >= 11 is 6.27. The molecule has 4 nitrogen and oxygen atoms in total. The number of hydrogen-bond acceptors (Lipinski definition) is 2. The van der Waals surface area contributed by atoms with Gasteiger partial charge >= 0.3 is 0 Å². The second-order valence-corrected chi connectivity index (χ2v) is 9.02. The Morgan fingerprint density at radius 1 is 0.778 bits per heavy atom. The predicted octanol–water partition coefficient (Wildman–Crippen LogP) is 7.22. The molecule has 0 aliphatic heterocycles. The average molecular weight is 492 g/mol. The van der Waals surface area contributed by atoms with E-state index >= 15 is 0 Å². The molecule has 0 bridgehead atoms. The maximum absolute atomic E-state index is 13.3. The number of carbonyl (C=O) groups is 1. The number of nitrogens with one attached hydrogen (secondary N) is 1. The average Bonchev–Trinajstić information content (AvgIpc) is 3.38. The van der Waals surface area contributed by atoms with Crippen LogP contribution in [0.5, 0.6) is 0 Å². The molecule has 36 heavy (non-hydrogen) atoms. The molecule has 1 N–H and O–H groups in total. The lowest BCUT2D eigenvalue weighted by Gasteiger charge is -2.12. The standard InChI is InChI=1S/C31H26ClN3O/c32-27-14-7-15-28(21-27)35-30(26-18-16-25(17-19-26)24-12-5-2-6-13-24)29(22-34-35)31(36)33-20-8-11-23-9-3-1-4-10-23/h1-7,9-10,12-19,21-22H,8,11,20H2,(H,33,36). The molecule has 0 fully saturated rings. The Hall–Kier alpha value is -4.15. The lowest BCUT2D eigenvalue weighted by Crippen LogP contribution is -2.25. The van der Waals surface area contributed by atoms with Gasteiger partial charge < -0.3 is 5.32 Å². The SMILES string of the molecule is O=C(NCCCc1ccccc1)c1cnn(-c2cccc(Cl)c2)c1-c1ccc(-c2ccccc2)cc1. The Bertz CT molecular complexity index is 1440. The van der Waals surface area contributed by atoms with E-state index < -0.39 is 0 Å². The number of carbonyl (C=O) groups excluding carboxylic acids is 1. The van der Waals surface area contributed by atoms with E-state index in [4.69, 9.17) is 11.6 Å². The Labute approximate surface area is 216 Å². The number of nitrogens with zero attached hydrogens (tertiary/aromatic N) is 2. The minimum Gasteiger partial charge on any atom is -0.352 e. The lowest BCUT2D eigenvalue weighted by molar-refractivity contribution is 0.0954. The van der Waals surface area contributed by atoms with Crippen molar-refractivity contribution in [3.05, 3.63) is 132 Å². The number of amides is 1. The summed E-state index contributed by atoms with van der Waals surface area (Å²) in [5, 5.41) is 8.26. The van der Waals surface area contributed by atoms with Crippen molar-refractivity contribution in [1.29, 1.82) is 0 Å². The third-order valence-electron chi connectivity index (χ3n) is 6.10. The Balaban J connectivity index is 1.42. The molecule has 4 aromatic carbocycles. The number of benzene rings is 4. The second-order valence-electron chi connectivity index (χ2n) is 8.59. The van der Waals surface area contributed by atoms with Gasteiger partial charge in [-0.3, -0.25) is 4.79 Å². The van der Waals surface area contributed by atoms with Gasteiger partial charge in [-0.25, -0.2) is 4.68 Å². The largest absolute Gasteiger partial charge is 0.352 e. The van der Waals surface area contributed by atoms with Gasteiger partial charge in [-0.05, 0) is 47.7 Å². The quantitative estimate of drug-likeness (QED) is 0.233. The van der Waals surface area contributed by atoms with Crippen molar-refractivity contribution in [2.45, 2.75) is 12.8 Å². The molecular formula is C31H26ClN3O. The highest BCUT2D eigenvalue weighted by atomic mass is 35.5. The zero-order chi connectivity index (χ0) is 24.7. The number of rotatable bonds is 8. The minimum atomic E-state index is -0.140. The fourth-order valence-corrected chi connectivity index (χ4v) is 4.47. The fraction of sp³-hybridized carbons (Fsp3) is 0.0968. The molecule has 5 heteroatoms. The van der Waals surface area contributed by atoms with Gasteiger partial charge in [0.15, 0.2) is 0 Å². The van der Waals surface area contributed by atoms with Crippen molar-refractivity contribution >= 4 is 17.5 Å². The highest BCUT2D eigenvalue weighted by Crippen LogP contribution is 2.30. The van der Waals surface area contributed by atoms with E-state index in [1.165, 1.54) is 5.56 Å². The molecule has 1 aromatic heterocycles. The number of hydrogen-bond donors (Lipinski definition) is 1. The third kappa shape index (κ3) is 5.40. The molecule has 0 aliphatic carbocycles. The smallest absolute Gasteiger partial charge is 0.255 e. The zero-order valence-corrected chi connectivity index (χ0v) is 20.5. The molecule has 0 saturated carbocycles. The van der Waals surface area contributed by atoms with Gasteiger partial charge in [0.1, 0.15) is 0 Å². The molecule has 0 radical (unpaired) electrons. The Morgan fingerprint density at radius 2 is 1.44 bits per heavy atom. The highest BCUT2D eigenvalue weighted by Gasteiger charge is 2.20. The van der Waals surface area contributed by atoms with E-state index in [0.29, 0.717) is 17.1 Å². The highest BCUT2D eigenvalue weighted by molar-refractivity contribution is 6.30. The summed E-state index contributed by atoms with van der Waals surface area (Å²) in [6.45, 7) is 0.586. The van der Waals surface area contributed by atoms with Crippen molar-refractivity contribution in [2.75, 3.05) is 6.54 Å². The van der Waals surface area contributed by atoms with E-state index in [0.717, 1.165) is 40.9 Å². The van der Waals surface area contributed by atoms with Gasteiger partial charge in [-0.2, -0.15) is 5.10 Å². The van der Waals surface area contributed by atoms with Gasteiger partial charge in [-0.1, -0.05) is 103 Å². The summed E-state index contributed by atoms with van der Waals surface area (Å²) in [5.41, 5.74) is 6.48. The van der Waals surface area contributed by atoms with Crippen LogP contribution in [0.25, 0.3) is 28.1 Å². The number of aromatic nitrogens is 2. The van der Waals surface area contributed by atoms with Gasteiger partial charge in [0, 0.05) is 17.1 Å². The molecule has 0 aliphatic rings. The van der Waals surface area contributed by atoms with Crippen LogP contribution in [-0.4, -0.2) is 22.2 Å². The van der Waals surface area contributed by atoms with E-state index in [1.54, 1.807) is 10.9 Å². The first-order valence-electron chi connectivity index (χ1n) is 12.0. The van der Waals surface area contributed by atoms with Gasteiger partial charge in [0.05, 0.1) is 23.1 Å². The van der Waals surface area contributed by atoms with Gasteiger partial charge in [-0.15, -0.1) is 0 Å². The molecule has 178 valence electrons. The zero-order valence-electron chi connectivity index (χ0n) is 19.8. The fourth-order valence-electron chi connectivity index (χ4n) is 4.28. The van der Waals surface area contributed by atoms with Crippen molar-refractivity contribution < 1.29 is 4.79 Å². The maximum Gasteiger partial charge on any atom is 0.255 e. The first-order chi connectivity index (χ1) is 17.7. The Morgan fingerprint density at radius 3 is 2.17 bits per heavy atom. The van der Waals surface area contributed by atoms with Gasteiger partial charge in [0.2, 0.25) is 0 Å². The molecular weight excluding hydrogens is 466 g/mol. The van der Waals surface area contributed by atoms with E-state index in [2.05, 4.69) is 46.8 Å². The van der Waals surface area contributed by atoms with Gasteiger partial charge in [0.25, 0.3) is 5.91 Å². The van der Waals surface area contributed by atoms with Crippen molar-refractivity contribution in [3.63, 3.8) is 0 Å². The topological polar surface area (TPSA) is 46.9 Å². The predicted molar refractivity (Wildman–Crippen MR) is 147 cm³/mol. The Kier molecular flexibility index (Phi) is 7.25. The number of halogens is 1. The van der Waals surface area contributed by atoms with Crippen LogP contribution in [0.4, 0.5) is 0 Å². The minimum absolute atomic E-state index is 0.140. The number of aryl methyl sites for hydroxylation is 1. The van der Waals surface area contributed by atoms with E-state index in [-0.39, 0.29) is 5.91 Å². The van der Waals surface area contributed by atoms with Crippen molar-refractivity contribution in [1.82, 2.24) is 15.1 Å². The monoisotopic (exact) mass is 491 g/mol. The molecule has 0 atom stereocenters. The van der Waals surface area contributed by atoms with E-state index in [1.807, 2.05) is 72.8 Å². The van der Waals surface area contributed by atoms with Crippen LogP contribution in [0.15, 0.2) is 115 Å². The van der Waals surface area contributed by atoms with Crippen LogP contribution in [0.1, 0.15) is 22.3 Å². The molecule has 5 rings (SSSR count). The maximum atomic E-state index is 13.3. The molecule has 0 unspecified atom stereocenters. The summed E-state index contributed by atoms with van der Waals surface area (Å²) < 4.78 is 1.78.